The van der Waals surface area contributed by atoms with Gasteiger partial charge in [-0.25, -0.2) is 4.79 Å². The first-order chi connectivity index (χ1) is 18.9. The molecule has 0 aliphatic heterocycles. The lowest BCUT2D eigenvalue weighted by atomic mass is 10.0. The number of aromatic amines is 1. The maximum atomic E-state index is 12.7. The summed E-state index contributed by atoms with van der Waals surface area (Å²) >= 11 is 0. The second-order valence-electron chi connectivity index (χ2n) is 10.8. The number of hydrogen-bond donors (Lipinski definition) is 3. The summed E-state index contributed by atoms with van der Waals surface area (Å²) in [6.07, 6.45) is 2.41. The number of nitrogens with two attached hydrogens (primary N) is 1. The van der Waals surface area contributed by atoms with Crippen molar-refractivity contribution in [1.29, 1.82) is 0 Å². The third-order valence-electron chi connectivity index (χ3n) is 6.70. The number of H-pyrrole nitrogens is 1. The lowest BCUT2D eigenvalue weighted by Gasteiger charge is -2.29. The fourth-order valence-corrected chi connectivity index (χ4v) is 3.97. The minimum Gasteiger partial charge on any atom is -0.461 e. The topological polar surface area (TPSA) is 156 Å². The summed E-state index contributed by atoms with van der Waals surface area (Å²) in [4.78, 5) is 36.4. The number of ether oxygens (including phenoxy) is 4. The highest BCUT2D eigenvalue weighted by molar-refractivity contribution is 5.94. The molecule has 0 saturated heterocycles. The average molecular weight is 559 g/mol. The molecule has 0 aliphatic carbocycles. The van der Waals surface area contributed by atoms with Crippen molar-refractivity contribution in [1.82, 2.24) is 24.8 Å². The summed E-state index contributed by atoms with van der Waals surface area (Å²) in [5, 5.41) is 2.96. The molecular formula is C28H42N6O6. The van der Waals surface area contributed by atoms with Crippen molar-refractivity contribution in [3.05, 3.63) is 45.9 Å². The van der Waals surface area contributed by atoms with Gasteiger partial charge in [0.25, 0.3) is 5.91 Å². The molecule has 12 nitrogen and oxygen atoms in total. The van der Waals surface area contributed by atoms with E-state index in [4.69, 9.17) is 24.7 Å². The van der Waals surface area contributed by atoms with Crippen LogP contribution in [0.2, 0.25) is 0 Å². The summed E-state index contributed by atoms with van der Waals surface area (Å²) in [7, 11) is 3.26. The van der Waals surface area contributed by atoms with E-state index in [1.807, 2.05) is 13.8 Å². The molecule has 2 aromatic heterocycles. The molecule has 0 saturated carbocycles. The number of nitrogens with one attached hydrogen (secondary N) is 2. The van der Waals surface area contributed by atoms with Crippen LogP contribution >= 0.6 is 0 Å². The summed E-state index contributed by atoms with van der Waals surface area (Å²) in [5.41, 5.74) is 7.15. The van der Waals surface area contributed by atoms with Gasteiger partial charge in [-0.3, -0.25) is 9.36 Å². The average Bonchev–Trinajstić information content (AvgIpc) is 3.22. The number of hydrogen-bond acceptors (Lipinski definition) is 9. The number of amides is 1. The minimum absolute atomic E-state index is 0.0619. The zero-order chi connectivity index (χ0) is 29.3. The van der Waals surface area contributed by atoms with Gasteiger partial charge in [-0.1, -0.05) is 12.1 Å². The first-order valence-electron chi connectivity index (χ1n) is 13.4. The fourth-order valence-electron chi connectivity index (χ4n) is 3.97. The second-order valence-corrected chi connectivity index (χ2v) is 10.8. The number of nitrogen functional groups attached to an aromatic ring is 1. The Kier molecular flexibility index (Phi) is 10.7. The van der Waals surface area contributed by atoms with Crippen molar-refractivity contribution in [3.8, 4) is 6.01 Å². The molecule has 1 aromatic carbocycles. The summed E-state index contributed by atoms with van der Waals surface area (Å²) in [5.74, 6) is -0.0416. The molecule has 40 heavy (non-hydrogen) atoms. The van der Waals surface area contributed by atoms with Gasteiger partial charge in [0.05, 0.1) is 31.0 Å². The first kappa shape index (κ1) is 31.1. The Hall–Kier alpha value is -3.48. The Morgan fingerprint density at radius 1 is 1.02 bits per heavy atom. The highest BCUT2D eigenvalue weighted by Crippen LogP contribution is 2.21. The standard InChI is InChI=1S/C28H42N6O6/c1-27(2,38-6)13-15-40-28(3,4)12-7-14-30-24(35)20-10-8-19(9-11-20)18-34-23-21(31-26(34)36)22(29)32-25(33-23)39-17-16-37-5/h8-11H,7,12-18H2,1-6H3,(H,30,35)(H,31,36)(H2,29,32,33). The molecule has 4 N–H and O–H groups in total. The Bertz CT molecular complexity index is 1320. The predicted octanol–water partition coefficient (Wildman–Crippen LogP) is 2.90. The van der Waals surface area contributed by atoms with Crippen LogP contribution in [0, 0.1) is 0 Å². The molecule has 3 aromatic rings. The van der Waals surface area contributed by atoms with Gasteiger partial charge in [0.1, 0.15) is 12.1 Å². The number of imidazole rings is 1. The largest absolute Gasteiger partial charge is 0.461 e. The molecule has 0 aliphatic rings. The van der Waals surface area contributed by atoms with Crippen LogP contribution < -0.4 is 21.5 Å². The maximum absolute atomic E-state index is 12.7. The van der Waals surface area contributed by atoms with Gasteiger partial charge in [-0.15, -0.1) is 0 Å². The molecule has 0 unspecified atom stereocenters. The van der Waals surface area contributed by atoms with E-state index in [9.17, 15) is 9.59 Å². The highest BCUT2D eigenvalue weighted by Gasteiger charge is 2.22. The van der Waals surface area contributed by atoms with Crippen LogP contribution in [0.15, 0.2) is 29.1 Å². The van der Waals surface area contributed by atoms with Crippen molar-refractivity contribution in [2.24, 2.45) is 0 Å². The third-order valence-corrected chi connectivity index (χ3v) is 6.70. The molecule has 2 heterocycles. The van der Waals surface area contributed by atoms with Crippen molar-refractivity contribution in [2.45, 2.75) is 64.7 Å². The number of rotatable bonds is 16. The Morgan fingerprint density at radius 2 is 1.75 bits per heavy atom. The summed E-state index contributed by atoms with van der Waals surface area (Å²) in [6.45, 7) is 10.2. The van der Waals surface area contributed by atoms with Gasteiger partial charge in [0.2, 0.25) is 0 Å². The molecule has 0 spiro atoms. The number of aromatic nitrogens is 4. The van der Waals surface area contributed by atoms with Crippen molar-refractivity contribution >= 4 is 22.9 Å². The molecule has 0 radical (unpaired) electrons. The van der Waals surface area contributed by atoms with E-state index in [-0.39, 0.29) is 47.8 Å². The van der Waals surface area contributed by atoms with E-state index in [2.05, 4.69) is 34.1 Å². The van der Waals surface area contributed by atoms with Crippen LogP contribution in [-0.2, 0) is 20.8 Å². The van der Waals surface area contributed by atoms with E-state index in [1.165, 1.54) is 4.57 Å². The molecule has 0 atom stereocenters. The van der Waals surface area contributed by atoms with Crippen LogP contribution in [0.4, 0.5) is 5.82 Å². The zero-order valence-corrected chi connectivity index (χ0v) is 24.3. The SMILES string of the molecule is COCCOc1nc(N)c2[nH]c(=O)n(Cc3ccc(C(=O)NCCCC(C)(C)OCCC(C)(C)OC)cc3)c2n1. The normalized spacial score (nSPS) is 12.2. The molecule has 0 fully saturated rings. The monoisotopic (exact) mass is 558 g/mol. The van der Waals surface area contributed by atoms with Crippen LogP contribution in [-0.4, -0.2) is 77.2 Å². The third kappa shape index (κ3) is 8.77. The molecule has 0 bridgehead atoms. The number of carbonyl (C=O) groups excluding carboxylic acids is 1. The summed E-state index contributed by atoms with van der Waals surface area (Å²) < 4.78 is 23.4. The second kappa shape index (κ2) is 13.7. The van der Waals surface area contributed by atoms with Crippen LogP contribution in [0.5, 0.6) is 6.01 Å². The minimum atomic E-state index is -0.374. The molecule has 3 rings (SSSR count). The fraction of sp³-hybridized carbons (Fsp3) is 0.571. The van der Waals surface area contributed by atoms with Crippen molar-refractivity contribution in [3.63, 3.8) is 0 Å². The Morgan fingerprint density at radius 3 is 2.42 bits per heavy atom. The lowest BCUT2D eigenvalue weighted by molar-refractivity contribution is -0.0616. The zero-order valence-electron chi connectivity index (χ0n) is 24.3. The van der Waals surface area contributed by atoms with Gasteiger partial charge in [-0.2, -0.15) is 9.97 Å². The van der Waals surface area contributed by atoms with Gasteiger partial charge >= 0.3 is 11.7 Å². The lowest BCUT2D eigenvalue weighted by Crippen LogP contribution is -2.31. The highest BCUT2D eigenvalue weighted by atomic mass is 16.5. The predicted molar refractivity (Wildman–Crippen MR) is 153 cm³/mol. The number of benzene rings is 1. The molecule has 12 heteroatoms. The van der Waals surface area contributed by atoms with Gasteiger partial charge in [0, 0.05) is 26.3 Å². The quantitative estimate of drug-likeness (QED) is 0.225. The number of methoxy groups -OCH3 is 2. The summed E-state index contributed by atoms with van der Waals surface area (Å²) in [6, 6.07) is 7.14. The van der Waals surface area contributed by atoms with Gasteiger partial charge in [0.15, 0.2) is 11.5 Å². The number of fused-ring (bicyclic) bond motifs is 1. The van der Waals surface area contributed by atoms with Crippen LogP contribution in [0.25, 0.3) is 11.2 Å². The van der Waals surface area contributed by atoms with Crippen molar-refractivity contribution in [2.75, 3.05) is 46.3 Å². The van der Waals surface area contributed by atoms with Gasteiger partial charge in [-0.05, 0) is 64.7 Å². The number of nitrogens with zero attached hydrogens (tertiary/aromatic N) is 3. The molecular weight excluding hydrogens is 516 g/mol. The van der Waals surface area contributed by atoms with E-state index in [0.717, 1.165) is 24.8 Å². The van der Waals surface area contributed by atoms with Crippen LogP contribution in [0.3, 0.4) is 0 Å². The Labute approximate surface area is 234 Å². The van der Waals surface area contributed by atoms with Crippen LogP contribution in [0.1, 0.15) is 62.9 Å². The van der Waals surface area contributed by atoms with E-state index in [1.54, 1.807) is 38.5 Å². The maximum Gasteiger partial charge on any atom is 0.328 e. The number of anilines is 1. The number of carbonyl (C=O) groups is 1. The Balaban J connectivity index is 1.53. The smallest absolute Gasteiger partial charge is 0.328 e. The van der Waals surface area contributed by atoms with E-state index < -0.39 is 0 Å². The van der Waals surface area contributed by atoms with Gasteiger partial charge < -0.3 is 35.0 Å². The van der Waals surface area contributed by atoms with E-state index in [0.29, 0.717) is 36.5 Å². The molecule has 1 amide bonds. The molecule has 220 valence electrons. The van der Waals surface area contributed by atoms with Crippen molar-refractivity contribution < 1.29 is 23.7 Å². The first-order valence-corrected chi connectivity index (χ1v) is 13.4. The van der Waals surface area contributed by atoms with E-state index >= 15 is 0 Å².